The Kier molecular flexibility index (Phi) is 3.02. The lowest BCUT2D eigenvalue weighted by Gasteiger charge is -2.49. The van der Waals surface area contributed by atoms with Gasteiger partial charge in [-0.1, -0.05) is 45.8 Å². The van der Waals surface area contributed by atoms with E-state index in [1.165, 1.54) is 25.7 Å². The lowest BCUT2D eigenvalue weighted by Crippen LogP contribution is -2.44. The molecule has 1 fully saturated rings. The highest BCUT2D eigenvalue weighted by Crippen LogP contribution is 2.61. The predicted octanol–water partition coefficient (Wildman–Crippen LogP) is 5.30. The van der Waals surface area contributed by atoms with Crippen molar-refractivity contribution in [3.63, 3.8) is 0 Å². The van der Waals surface area contributed by atoms with Crippen LogP contribution in [0.15, 0.2) is 11.1 Å². The van der Waals surface area contributed by atoms with E-state index in [1.54, 1.807) is 11.1 Å². The summed E-state index contributed by atoms with van der Waals surface area (Å²) in [6.45, 7) is 11.5. The van der Waals surface area contributed by atoms with Crippen molar-refractivity contribution in [2.24, 2.45) is 22.2 Å². The number of rotatable bonds is 0. The second kappa shape index (κ2) is 4.21. The molecule has 1 spiro atoms. The Balaban J connectivity index is 2.04. The van der Waals surface area contributed by atoms with Crippen molar-refractivity contribution in [3.8, 4) is 0 Å². The van der Waals surface area contributed by atoms with Crippen LogP contribution >= 0.6 is 0 Å². The molecule has 0 unspecified atom stereocenters. The fourth-order valence-electron chi connectivity index (χ4n) is 5.60. The van der Waals surface area contributed by atoms with E-state index in [2.05, 4.69) is 34.6 Å². The number of carbonyl (C=O) groups is 1. The van der Waals surface area contributed by atoms with Gasteiger partial charge < -0.3 is 0 Å². The molecule has 0 N–H and O–H groups in total. The molecule has 0 heterocycles. The molecule has 0 radical (unpaired) electrons. The van der Waals surface area contributed by atoms with E-state index >= 15 is 0 Å². The summed E-state index contributed by atoms with van der Waals surface area (Å²) in [6, 6.07) is 0. The maximum atomic E-state index is 13.1. The molecule has 0 aromatic carbocycles. The average molecular weight is 274 g/mol. The molecule has 1 heteroatoms. The fraction of sp³-hybridized carbons (Fsp3) is 0.842. The highest BCUT2D eigenvalue weighted by atomic mass is 16.1. The summed E-state index contributed by atoms with van der Waals surface area (Å²) in [6.07, 6.45) is 8.42. The Hall–Kier alpha value is -0.590. The summed E-state index contributed by atoms with van der Waals surface area (Å²) in [5.41, 5.74) is 3.56. The smallest absolute Gasteiger partial charge is 0.145 e. The van der Waals surface area contributed by atoms with Crippen molar-refractivity contribution in [3.05, 3.63) is 11.1 Å². The number of ketones is 1. The van der Waals surface area contributed by atoms with Crippen LogP contribution in [0.3, 0.4) is 0 Å². The number of carbonyl (C=O) groups excluding carboxylic acids is 1. The molecule has 3 rings (SSSR count). The maximum absolute atomic E-state index is 13.1. The van der Waals surface area contributed by atoms with Gasteiger partial charge in [0.05, 0.1) is 0 Å². The minimum atomic E-state index is -0.0921. The molecule has 0 saturated heterocycles. The third-order valence-corrected chi connectivity index (χ3v) is 6.79. The standard InChI is InChI=1S/C19H30O/c1-13-15-14(7-6-9-17(15,2)3)8-10-19(13)12-11-18(4,5)16(19)20/h13H,6-12H2,1-5H3/t13-,19-/m1/s1. The van der Waals surface area contributed by atoms with E-state index in [0.29, 0.717) is 17.1 Å². The molecule has 0 amide bonds. The molecule has 2 atom stereocenters. The van der Waals surface area contributed by atoms with Crippen LogP contribution in [0.1, 0.15) is 79.6 Å². The molecule has 112 valence electrons. The molecule has 3 aliphatic rings. The molecular weight excluding hydrogens is 244 g/mol. The molecule has 1 nitrogen and oxygen atoms in total. The Labute approximate surface area is 124 Å². The average Bonchev–Trinajstić information content (AvgIpc) is 2.58. The lowest BCUT2D eigenvalue weighted by atomic mass is 9.54. The van der Waals surface area contributed by atoms with Gasteiger partial charge in [-0.05, 0) is 56.3 Å². The molecule has 0 aromatic rings. The first-order valence-corrected chi connectivity index (χ1v) is 8.48. The van der Waals surface area contributed by atoms with Crippen LogP contribution in [0, 0.1) is 22.2 Å². The first-order chi connectivity index (χ1) is 9.21. The molecule has 20 heavy (non-hydrogen) atoms. The normalized spacial score (nSPS) is 39.2. The third-order valence-electron chi connectivity index (χ3n) is 6.79. The largest absolute Gasteiger partial charge is 0.298 e. The summed E-state index contributed by atoms with van der Waals surface area (Å²) in [7, 11) is 0. The SMILES string of the molecule is C[C@@H]1C2=C(CCCC2(C)C)CC[C@@]12CCC(C)(C)C2=O. The quantitative estimate of drug-likeness (QED) is 0.548. The summed E-state index contributed by atoms with van der Waals surface area (Å²) in [5, 5.41) is 0. The van der Waals surface area contributed by atoms with Gasteiger partial charge in [0.25, 0.3) is 0 Å². The maximum Gasteiger partial charge on any atom is 0.145 e. The van der Waals surface area contributed by atoms with Gasteiger partial charge in [-0.2, -0.15) is 0 Å². The number of allylic oxidation sites excluding steroid dienone is 2. The predicted molar refractivity (Wildman–Crippen MR) is 83.5 cm³/mol. The summed E-state index contributed by atoms with van der Waals surface area (Å²) in [5.74, 6) is 1.03. The fourth-order valence-corrected chi connectivity index (χ4v) is 5.60. The molecule has 3 aliphatic carbocycles. The van der Waals surface area contributed by atoms with Crippen molar-refractivity contribution in [1.82, 2.24) is 0 Å². The van der Waals surface area contributed by atoms with Gasteiger partial charge in [0.1, 0.15) is 5.78 Å². The van der Waals surface area contributed by atoms with Crippen LogP contribution in [0.5, 0.6) is 0 Å². The number of hydrogen-bond acceptors (Lipinski definition) is 1. The molecule has 0 aromatic heterocycles. The van der Waals surface area contributed by atoms with E-state index in [1.807, 2.05) is 0 Å². The highest BCUT2D eigenvalue weighted by molar-refractivity contribution is 5.92. The Morgan fingerprint density at radius 1 is 0.900 bits per heavy atom. The first kappa shape index (κ1) is 14.4. The van der Waals surface area contributed by atoms with Gasteiger partial charge in [0, 0.05) is 10.8 Å². The van der Waals surface area contributed by atoms with E-state index in [-0.39, 0.29) is 10.8 Å². The van der Waals surface area contributed by atoms with Crippen LogP contribution in [-0.2, 0) is 4.79 Å². The lowest BCUT2D eigenvalue weighted by molar-refractivity contribution is -0.135. The Morgan fingerprint density at radius 2 is 1.60 bits per heavy atom. The third kappa shape index (κ3) is 1.77. The Morgan fingerprint density at radius 3 is 2.20 bits per heavy atom. The highest BCUT2D eigenvalue weighted by Gasteiger charge is 2.57. The van der Waals surface area contributed by atoms with Gasteiger partial charge in [-0.15, -0.1) is 0 Å². The zero-order valence-corrected chi connectivity index (χ0v) is 13.9. The minimum absolute atomic E-state index is 0.0308. The first-order valence-electron chi connectivity index (χ1n) is 8.48. The molecule has 1 saturated carbocycles. The van der Waals surface area contributed by atoms with Crippen LogP contribution in [-0.4, -0.2) is 5.78 Å². The summed E-state index contributed by atoms with van der Waals surface area (Å²) >= 11 is 0. The number of hydrogen-bond donors (Lipinski definition) is 0. The number of Topliss-reactive ketones (excluding diaryl/α,β-unsaturated/α-hetero) is 1. The van der Waals surface area contributed by atoms with Gasteiger partial charge >= 0.3 is 0 Å². The van der Waals surface area contributed by atoms with E-state index in [4.69, 9.17) is 0 Å². The van der Waals surface area contributed by atoms with Crippen molar-refractivity contribution in [2.75, 3.05) is 0 Å². The van der Waals surface area contributed by atoms with Crippen molar-refractivity contribution >= 4 is 5.78 Å². The van der Waals surface area contributed by atoms with E-state index in [9.17, 15) is 4.79 Å². The molecule has 0 aliphatic heterocycles. The van der Waals surface area contributed by atoms with Gasteiger partial charge in [-0.3, -0.25) is 4.79 Å². The second-order valence-corrected chi connectivity index (χ2v) is 8.85. The monoisotopic (exact) mass is 274 g/mol. The summed E-state index contributed by atoms with van der Waals surface area (Å²) in [4.78, 5) is 13.1. The van der Waals surface area contributed by atoms with E-state index in [0.717, 1.165) is 19.3 Å². The van der Waals surface area contributed by atoms with Gasteiger partial charge in [0.2, 0.25) is 0 Å². The van der Waals surface area contributed by atoms with Crippen LogP contribution < -0.4 is 0 Å². The van der Waals surface area contributed by atoms with Crippen molar-refractivity contribution < 1.29 is 4.79 Å². The van der Waals surface area contributed by atoms with Crippen LogP contribution in [0.4, 0.5) is 0 Å². The topological polar surface area (TPSA) is 17.1 Å². The van der Waals surface area contributed by atoms with Crippen LogP contribution in [0.2, 0.25) is 0 Å². The van der Waals surface area contributed by atoms with Crippen molar-refractivity contribution in [2.45, 2.75) is 79.6 Å². The second-order valence-electron chi connectivity index (χ2n) is 8.85. The zero-order chi connectivity index (χ0) is 14.8. The molecular formula is C19H30O. The zero-order valence-electron chi connectivity index (χ0n) is 13.9. The van der Waals surface area contributed by atoms with E-state index < -0.39 is 0 Å². The summed E-state index contributed by atoms with van der Waals surface area (Å²) < 4.78 is 0. The van der Waals surface area contributed by atoms with Crippen LogP contribution in [0.25, 0.3) is 0 Å². The molecule has 0 bridgehead atoms. The Bertz CT molecular complexity index is 480. The minimum Gasteiger partial charge on any atom is -0.298 e. The van der Waals surface area contributed by atoms with Gasteiger partial charge in [0.15, 0.2) is 0 Å². The van der Waals surface area contributed by atoms with Crippen molar-refractivity contribution in [1.29, 1.82) is 0 Å². The van der Waals surface area contributed by atoms with Gasteiger partial charge in [-0.25, -0.2) is 0 Å².